The van der Waals surface area contributed by atoms with Gasteiger partial charge in [-0.3, -0.25) is 4.79 Å². The van der Waals surface area contributed by atoms with Crippen LogP contribution in [0.4, 0.5) is 0 Å². The normalized spacial score (nSPS) is 20.6. The number of rotatable bonds is 1. The summed E-state index contributed by atoms with van der Waals surface area (Å²) in [5.74, 6) is 0.341. The Morgan fingerprint density at radius 3 is 2.53 bits per heavy atom. The van der Waals surface area contributed by atoms with Gasteiger partial charge in [0.2, 0.25) is 0 Å². The summed E-state index contributed by atoms with van der Waals surface area (Å²) in [6.07, 6.45) is 0. The summed E-state index contributed by atoms with van der Waals surface area (Å²) in [6, 6.07) is 9.88. The van der Waals surface area contributed by atoms with E-state index in [0.717, 1.165) is 24.8 Å². The maximum Gasteiger partial charge on any atom is 0.179 e. The second-order valence-corrected chi connectivity index (χ2v) is 8.24. The SMILES string of the molecule is CC1(C)C(=O)c2sc(Br)cc2C1c1ccc(Cl)cc1. The smallest absolute Gasteiger partial charge is 0.179 e. The van der Waals surface area contributed by atoms with Gasteiger partial charge in [-0.15, -0.1) is 11.3 Å². The first kappa shape index (κ1) is 13.3. The van der Waals surface area contributed by atoms with Crippen molar-refractivity contribution in [3.05, 3.63) is 55.1 Å². The van der Waals surface area contributed by atoms with E-state index < -0.39 is 5.41 Å². The van der Waals surface area contributed by atoms with Crippen molar-refractivity contribution in [3.63, 3.8) is 0 Å². The van der Waals surface area contributed by atoms with Crippen LogP contribution >= 0.6 is 38.9 Å². The number of ketones is 1. The van der Waals surface area contributed by atoms with Crippen molar-refractivity contribution in [2.45, 2.75) is 19.8 Å². The highest BCUT2D eigenvalue weighted by molar-refractivity contribution is 9.11. The number of hydrogen-bond acceptors (Lipinski definition) is 2. The van der Waals surface area contributed by atoms with Crippen LogP contribution in [-0.2, 0) is 0 Å². The molecule has 1 nitrogen and oxygen atoms in total. The van der Waals surface area contributed by atoms with Crippen LogP contribution in [0.15, 0.2) is 34.1 Å². The third-order valence-electron chi connectivity index (χ3n) is 3.76. The van der Waals surface area contributed by atoms with E-state index >= 15 is 0 Å². The molecule has 1 aromatic heterocycles. The third kappa shape index (κ3) is 1.99. The molecule has 0 radical (unpaired) electrons. The first-order valence-electron chi connectivity index (χ1n) is 6.01. The van der Waals surface area contributed by atoms with Gasteiger partial charge in [-0.05, 0) is 45.3 Å². The standard InChI is InChI=1S/C15H12BrClOS/c1-15(2)12(8-3-5-9(17)6-4-8)10-7-11(16)19-13(10)14(15)18/h3-7,12H,1-2H3. The minimum atomic E-state index is -0.393. The first-order valence-corrected chi connectivity index (χ1v) is 7.99. The van der Waals surface area contributed by atoms with Gasteiger partial charge in [-0.1, -0.05) is 37.6 Å². The molecule has 0 saturated heterocycles. The zero-order valence-corrected chi connectivity index (χ0v) is 13.7. The summed E-state index contributed by atoms with van der Waals surface area (Å²) in [7, 11) is 0. The molecule has 1 aliphatic rings. The van der Waals surface area contributed by atoms with Crippen LogP contribution in [0.1, 0.15) is 40.6 Å². The van der Waals surface area contributed by atoms with Crippen molar-refractivity contribution < 1.29 is 4.79 Å². The Bertz CT molecular complexity index is 657. The molecule has 0 spiro atoms. The Morgan fingerprint density at radius 2 is 1.89 bits per heavy atom. The molecule has 0 bridgehead atoms. The Kier molecular flexibility index (Phi) is 3.12. The summed E-state index contributed by atoms with van der Waals surface area (Å²) < 4.78 is 1.01. The van der Waals surface area contributed by atoms with E-state index in [4.69, 9.17) is 11.6 Å². The average molecular weight is 356 g/mol. The highest BCUT2D eigenvalue weighted by Crippen LogP contribution is 2.53. The van der Waals surface area contributed by atoms with Crippen molar-refractivity contribution >= 4 is 44.7 Å². The maximum atomic E-state index is 12.5. The van der Waals surface area contributed by atoms with E-state index in [1.54, 1.807) is 0 Å². The number of thiophene rings is 1. The van der Waals surface area contributed by atoms with E-state index in [-0.39, 0.29) is 11.7 Å². The predicted molar refractivity (Wildman–Crippen MR) is 83.4 cm³/mol. The molecular weight excluding hydrogens is 344 g/mol. The Morgan fingerprint density at radius 1 is 1.26 bits per heavy atom. The molecule has 98 valence electrons. The summed E-state index contributed by atoms with van der Waals surface area (Å²) in [4.78, 5) is 13.4. The molecule has 1 heterocycles. The van der Waals surface area contributed by atoms with Gasteiger partial charge in [0.1, 0.15) is 0 Å². The van der Waals surface area contributed by atoms with Crippen molar-refractivity contribution in [2.75, 3.05) is 0 Å². The molecule has 0 N–H and O–H groups in total. The Hall–Kier alpha value is -0.640. The summed E-state index contributed by atoms with van der Waals surface area (Å²) >= 11 is 11.0. The molecule has 0 aliphatic heterocycles. The van der Waals surface area contributed by atoms with Crippen molar-refractivity contribution in [1.29, 1.82) is 0 Å². The third-order valence-corrected chi connectivity index (χ3v) is 5.66. The number of halogens is 2. The fraction of sp³-hybridized carbons (Fsp3) is 0.267. The van der Waals surface area contributed by atoms with Gasteiger partial charge in [0.25, 0.3) is 0 Å². The summed E-state index contributed by atoms with van der Waals surface area (Å²) in [6.45, 7) is 4.05. The molecule has 4 heteroatoms. The van der Waals surface area contributed by atoms with Crippen LogP contribution in [0.3, 0.4) is 0 Å². The van der Waals surface area contributed by atoms with Gasteiger partial charge in [-0.2, -0.15) is 0 Å². The molecule has 1 aromatic carbocycles. The molecule has 1 unspecified atom stereocenters. The van der Waals surface area contributed by atoms with E-state index in [0.29, 0.717) is 0 Å². The molecule has 1 aliphatic carbocycles. The molecule has 1 atom stereocenters. The van der Waals surface area contributed by atoms with Crippen LogP contribution in [0, 0.1) is 5.41 Å². The van der Waals surface area contributed by atoms with Crippen LogP contribution in [0.2, 0.25) is 5.02 Å². The number of fused-ring (bicyclic) bond motifs is 1. The fourth-order valence-corrected chi connectivity index (χ4v) is 4.72. The maximum absolute atomic E-state index is 12.5. The molecule has 0 fully saturated rings. The lowest BCUT2D eigenvalue weighted by atomic mass is 9.75. The van der Waals surface area contributed by atoms with Gasteiger partial charge in [0, 0.05) is 16.4 Å². The van der Waals surface area contributed by atoms with E-state index in [2.05, 4.69) is 22.0 Å². The van der Waals surface area contributed by atoms with E-state index in [1.165, 1.54) is 11.3 Å². The molecular formula is C15H12BrClOS. The Labute approximate surface area is 129 Å². The molecule has 0 saturated carbocycles. The lowest BCUT2D eigenvalue weighted by Gasteiger charge is -2.26. The average Bonchev–Trinajstić information content (AvgIpc) is 2.79. The molecule has 3 rings (SSSR count). The first-order chi connectivity index (χ1) is 8.91. The van der Waals surface area contributed by atoms with Gasteiger partial charge in [0.05, 0.1) is 8.66 Å². The second-order valence-electron chi connectivity index (χ2n) is 5.37. The lowest BCUT2D eigenvalue weighted by molar-refractivity contribution is 0.0850. The number of Topliss-reactive ketones (excluding diaryl/α,β-unsaturated/α-hetero) is 1. The topological polar surface area (TPSA) is 17.1 Å². The highest BCUT2D eigenvalue weighted by atomic mass is 79.9. The lowest BCUT2D eigenvalue weighted by Crippen LogP contribution is -2.24. The largest absolute Gasteiger partial charge is 0.293 e. The number of carbonyl (C=O) groups excluding carboxylic acids is 1. The van der Waals surface area contributed by atoms with Crippen molar-refractivity contribution in [3.8, 4) is 0 Å². The summed E-state index contributed by atoms with van der Waals surface area (Å²) in [5.41, 5.74) is 1.89. The van der Waals surface area contributed by atoms with Gasteiger partial charge in [0.15, 0.2) is 5.78 Å². The van der Waals surface area contributed by atoms with Crippen molar-refractivity contribution in [1.82, 2.24) is 0 Å². The zero-order valence-electron chi connectivity index (χ0n) is 10.5. The fourth-order valence-electron chi connectivity index (χ4n) is 2.83. The van der Waals surface area contributed by atoms with Crippen LogP contribution in [-0.4, -0.2) is 5.78 Å². The Balaban J connectivity index is 2.18. The zero-order chi connectivity index (χ0) is 13.8. The second kappa shape index (κ2) is 4.44. The van der Waals surface area contributed by atoms with Crippen LogP contribution in [0.25, 0.3) is 0 Å². The predicted octanol–water partition coefficient (Wildman–Crippen LogP) is 5.52. The van der Waals surface area contributed by atoms with Crippen molar-refractivity contribution in [2.24, 2.45) is 5.41 Å². The quantitative estimate of drug-likeness (QED) is 0.658. The van der Waals surface area contributed by atoms with E-state index in [9.17, 15) is 4.79 Å². The number of carbonyl (C=O) groups is 1. The van der Waals surface area contributed by atoms with Crippen LogP contribution < -0.4 is 0 Å². The number of benzene rings is 1. The van der Waals surface area contributed by atoms with Gasteiger partial charge in [-0.25, -0.2) is 0 Å². The highest BCUT2D eigenvalue weighted by Gasteiger charge is 2.48. The monoisotopic (exact) mass is 354 g/mol. The molecule has 19 heavy (non-hydrogen) atoms. The van der Waals surface area contributed by atoms with Crippen LogP contribution in [0.5, 0.6) is 0 Å². The van der Waals surface area contributed by atoms with Gasteiger partial charge >= 0.3 is 0 Å². The van der Waals surface area contributed by atoms with E-state index in [1.807, 2.05) is 38.1 Å². The number of hydrogen-bond donors (Lipinski definition) is 0. The molecule has 0 amide bonds. The minimum Gasteiger partial charge on any atom is -0.293 e. The summed E-state index contributed by atoms with van der Waals surface area (Å²) in [5, 5.41) is 0.720. The molecule has 2 aromatic rings. The minimum absolute atomic E-state index is 0.106. The van der Waals surface area contributed by atoms with Gasteiger partial charge < -0.3 is 0 Å².